The zero-order valence-electron chi connectivity index (χ0n) is 22.6. The fraction of sp³-hybridized carbons (Fsp3) is 0.400. The zero-order valence-corrected chi connectivity index (χ0v) is 22.6. The van der Waals surface area contributed by atoms with E-state index in [1.165, 1.54) is 0 Å². The van der Waals surface area contributed by atoms with E-state index in [-0.39, 0.29) is 41.9 Å². The lowest BCUT2D eigenvalue weighted by atomic mass is 9.92. The molecule has 3 aromatic rings. The van der Waals surface area contributed by atoms with Crippen molar-refractivity contribution in [3.05, 3.63) is 98.5 Å². The summed E-state index contributed by atoms with van der Waals surface area (Å²) in [6, 6.07) is 16.3. The number of rotatable bonds is 7. The maximum Gasteiger partial charge on any atom is 0.267 e. The van der Waals surface area contributed by atoms with Crippen molar-refractivity contribution >= 4 is 11.8 Å². The molecule has 3 atom stereocenters. The summed E-state index contributed by atoms with van der Waals surface area (Å²) in [5, 5.41) is 20.0. The number of nitrogens with one attached hydrogen (secondary N) is 2. The second-order valence-electron chi connectivity index (χ2n) is 10.9. The topological polar surface area (TPSA) is 115 Å². The van der Waals surface area contributed by atoms with Gasteiger partial charge in [-0.05, 0) is 74.9 Å². The fourth-order valence-electron chi connectivity index (χ4n) is 5.44. The molecule has 38 heavy (non-hydrogen) atoms. The minimum atomic E-state index is -1.08. The second-order valence-corrected chi connectivity index (χ2v) is 10.9. The number of aromatic nitrogens is 2. The van der Waals surface area contributed by atoms with Crippen LogP contribution in [0.2, 0.25) is 0 Å². The molecule has 1 aromatic heterocycles. The highest BCUT2D eigenvalue weighted by Crippen LogP contribution is 2.44. The molecule has 8 heteroatoms. The van der Waals surface area contributed by atoms with Gasteiger partial charge in [-0.25, -0.2) is 5.10 Å². The monoisotopic (exact) mass is 516 g/mol. The van der Waals surface area contributed by atoms with Crippen LogP contribution in [-0.4, -0.2) is 50.2 Å². The van der Waals surface area contributed by atoms with Crippen molar-refractivity contribution in [2.24, 2.45) is 5.92 Å². The second kappa shape index (κ2) is 10.9. The third-order valence-electron chi connectivity index (χ3n) is 7.41. The Labute approximate surface area is 223 Å². The first kappa shape index (κ1) is 27.3. The number of aromatic amines is 1. The quantitative estimate of drug-likeness (QED) is 0.445. The van der Waals surface area contributed by atoms with Crippen molar-refractivity contribution < 1.29 is 14.7 Å². The summed E-state index contributed by atoms with van der Waals surface area (Å²) in [6.07, 6.45) is 1.10. The van der Waals surface area contributed by atoms with Gasteiger partial charge in [0.25, 0.3) is 11.5 Å². The molecule has 200 valence electrons. The van der Waals surface area contributed by atoms with Gasteiger partial charge < -0.3 is 15.3 Å². The number of carbonyl (C=O) groups excluding carboxylic acids is 2. The first-order valence-electron chi connectivity index (χ1n) is 13.0. The van der Waals surface area contributed by atoms with Gasteiger partial charge in [0.15, 0.2) is 0 Å². The molecule has 4 rings (SSSR count). The van der Waals surface area contributed by atoms with Gasteiger partial charge in [0.2, 0.25) is 5.91 Å². The highest BCUT2D eigenvalue weighted by molar-refractivity contribution is 5.96. The van der Waals surface area contributed by atoms with E-state index in [1.807, 2.05) is 50.2 Å². The Morgan fingerprint density at radius 3 is 2.47 bits per heavy atom. The Hall–Kier alpha value is -3.78. The normalized spacial score (nSPS) is 19.4. The van der Waals surface area contributed by atoms with E-state index in [0.717, 1.165) is 22.4 Å². The van der Waals surface area contributed by atoms with Crippen LogP contribution in [0, 0.1) is 19.8 Å². The van der Waals surface area contributed by atoms with Crippen molar-refractivity contribution in [1.82, 2.24) is 20.4 Å². The molecule has 2 heterocycles. The molecule has 1 aliphatic heterocycles. The molecule has 1 fully saturated rings. The average molecular weight is 517 g/mol. The maximum atomic E-state index is 13.5. The molecule has 1 aliphatic rings. The summed E-state index contributed by atoms with van der Waals surface area (Å²) in [5.74, 6) is -0.432. The lowest BCUT2D eigenvalue weighted by molar-refractivity contribution is -0.138. The molecule has 0 bridgehead atoms. The van der Waals surface area contributed by atoms with Crippen molar-refractivity contribution in [2.75, 3.05) is 6.54 Å². The van der Waals surface area contributed by atoms with E-state index in [9.17, 15) is 19.5 Å². The Morgan fingerprint density at radius 2 is 1.82 bits per heavy atom. The number of hydrogen-bond donors (Lipinski definition) is 3. The molecule has 0 radical (unpaired) electrons. The first-order chi connectivity index (χ1) is 18.0. The Kier molecular flexibility index (Phi) is 7.83. The van der Waals surface area contributed by atoms with Crippen LogP contribution in [0.1, 0.15) is 71.5 Å². The van der Waals surface area contributed by atoms with Gasteiger partial charge in [0.05, 0.1) is 29.9 Å². The van der Waals surface area contributed by atoms with Crippen LogP contribution in [0.4, 0.5) is 0 Å². The molecular weight excluding hydrogens is 480 g/mol. The summed E-state index contributed by atoms with van der Waals surface area (Å²) in [7, 11) is 0. The number of aryl methyl sites for hydroxylation is 2. The standard InChI is InChI=1S/C30H36N4O4/c1-18-13-23(12-11-22(18)16-24-15-20(3)32-33-29(24)37)28(36)31-17-26(35)34-25(30(4,5)38)14-19(2)27(34)21-9-7-6-8-10-21/h6-13,15,19,25,27,38H,14,16-17H2,1-5H3,(H,31,36)(H,33,37)/t19-,25?,27+/m1/s1. The predicted octanol–water partition coefficient (Wildman–Crippen LogP) is 3.46. The molecule has 0 saturated carbocycles. The smallest absolute Gasteiger partial charge is 0.267 e. The molecular formula is C30H36N4O4. The average Bonchev–Trinajstić information content (AvgIpc) is 3.24. The summed E-state index contributed by atoms with van der Waals surface area (Å²) in [5.41, 5.74) is 3.28. The van der Waals surface area contributed by atoms with Crippen LogP contribution >= 0.6 is 0 Å². The Morgan fingerprint density at radius 1 is 1.11 bits per heavy atom. The molecule has 0 aliphatic carbocycles. The van der Waals surface area contributed by atoms with E-state index in [4.69, 9.17) is 0 Å². The third kappa shape index (κ3) is 5.86. The van der Waals surface area contributed by atoms with Crippen molar-refractivity contribution in [3.8, 4) is 0 Å². The highest BCUT2D eigenvalue weighted by atomic mass is 16.3. The van der Waals surface area contributed by atoms with Crippen LogP contribution in [0.25, 0.3) is 0 Å². The largest absolute Gasteiger partial charge is 0.388 e. The van der Waals surface area contributed by atoms with E-state index in [1.54, 1.807) is 36.9 Å². The third-order valence-corrected chi connectivity index (χ3v) is 7.41. The highest BCUT2D eigenvalue weighted by Gasteiger charge is 2.47. The lowest BCUT2D eigenvalue weighted by Gasteiger charge is -2.37. The van der Waals surface area contributed by atoms with Gasteiger partial charge in [-0.15, -0.1) is 0 Å². The number of hydrogen-bond acceptors (Lipinski definition) is 5. The zero-order chi connectivity index (χ0) is 27.6. The number of likely N-dealkylation sites (tertiary alicyclic amines) is 1. The van der Waals surface area contributed by atoms with Crippen LogP contribution < -0.4 is 10.9 Å². The fourth-order valence-corrected chi connectivity index (χ4v) is 5.44. The van der Waals surface area contributed by atoms with Gasteiger partial charge in [-0.3, -0.25) is 14.4 Å². The minimum absolute atomic E-state index is 0.153. The van der Waals surface area contributed by atoms with E-state index < -0.39 is 5.60 Å². The minimum Gasteiger partial charge on any atom is -0.388 e. The molecule has 1 saturated heterocycles. The summed E-state index contributed by atoms with van der Waals surface area (Å²) in [4.78, 5) is 40.4. The van der Waals surface area contributed by atoms with E-state index in [0.29, 0.717) is 24.0 Å². The van der Waals surface area contributed by atoms with Gasteiger partial charge >= 0.3 is 0 Å². The summed E-state index contributed by atoms with van der Waals surface area (Å²) < 4.78 is 0. The first-order valence-corrected chi connectivity index (χ1v) is 13.0. The molecule has 1 unspecified atom stereocenters. The van der Waals surface area contributed by atoms with Gasteiger partial charge in [-0.1, -0.05) is 43.3 Å². The van der Waals surface area contributed by atoms with Crippen molar-refractivity contribution in [3.63, 3.8) is 0 Å². The predicted molar refractivity (Wildman–Crippen MR) is 146 cm³/mol. The number of nitrogens with zero attached hydrogens (tertiary/aromatic N) is 2. The van der Waals surface area contributed by atoms with Gasteiger partial charge in [-0.2, -0.15) is 5.10 Å². The van der Waals surface area contributed by atoms with E-state index in [2.05, 4.69) is 22.4 Å². The summed E-state index contributed by atoms with van der Waals surface area (Å²) in [6.45, 7) is 9.07. The molecule has 2 amide bonds. The molecule has 8 nitrogen and oxygen atoms in total. The molecule has 2 aromatic carbocycles. The lowest BCUT2D eigenvalue weighted by Crippen LogP contribution is -2.51. The van der Waals surface area contributed by atoms with Crippen LogP contribution in [0.15, 0.2) is 59.4 Å². The van der Waals surface area contributed by atoms with Crippen LogP contribution in [0.5, 0.6) is 0 Å². The Balaban J connectivity index is 1.48. The number of benzene rings is 2. The van der Waals surface area contributed by atoms with E-state index >= 15 is 0 Å². The number of H-pyrrole nitrogens is 1. The number of carbonyl (C=O) groups is 2. The molecule has 0 spiro atoms. The number of aliphatic hydroxyl groups is 1. The maximum absolute atomic E-state index is 13.5. The SMILES string of the molecule is Cc1cc(Cc2ccc(C(=O)NCC(=O)N3C(C(C)(C)O)C[C@@H](C)[C@H]3c3ccccc3)cc2C)c(=O)[nH]n1. The van der Waals surface area contributed by atoms with Crippen LogP contribution in [0.3, 0.4) is 0 Å². The summed E-state index contributed by atoms with van der Waals surface area (Å²) >= 11 is 0. The van der Waals surface area contributed by atoms with Gasteiger partial charge in [0, 0.05) is 17.5 Å². The van der Waals surface area contributed by atoms with Gasteiger partial charge in [0.1, 0.15) is 0 Å². The van der Waals surface area contributed by atoms with Crippen molar-refractivity contribution in [1.29, 1.82) is 0 Å². The number of amides is 2. The Bertz CT molecular complexity index is 1380. The van der Waals surface area contributed by atoms with Crippen molar-refractivity contribution in [2.45, 2.75) is 65.1 Å². The molecule has 3 N–H and O–H groups in total. The van der Waals surface area contributed by atoms with Crippen LogP contribution in [-0.2, 0) is 11.2 Å².